The molecule has 0 aromatic heterocycles. The number of benzene rings is 3. The molecule has 1 fully saturated rings. The molecule has 1 saturated heterocycles. The quantitative estimate of drug-likeness (QED) is 0.265. The first-order valence-corrected chi connectivity index (χ1v) is 12.7. The van der Waals surface area contributed by atoms with Crippen molar-refractivity contribution in [2.75, 3.05) is 11.5 Å². The van der Waals surface area contributed by atoms with Crippen LogP contribution in [0.15, 0.2) is 54.1 Å². The molecule has 0 unspecified atom stereocenters. The van der Waals surface area contributed by atoms with Gasteiger partial charge in [0.15, 0.2) is 11.5 Å². The summed E-state index contributed by atoms with van der Waals surface area (Å²) in [7, 11) is 0. The first kappa shape index (κ1) is 27.2. The van der Waals surface area contributed by atoms with E-state index in [-0.39, 0.29) is 22.9 Å². The summed E-state index contributed by atoms with van der Waals surface area (Å²) in [5.41, 5.74) is 4.21. The summed E-state index contributed by atoms with van der Waals surface area (Å²) < 4.78 is 11.8. The Kier molecular flexibility index (Phi) is 8.09. The van der Waals surface area contributed by atoms with Gasteiger partial charge in [-0.3, -0.25) is 14.9 Å². The largest absolute Gasteiger partial charge is 0.490 e. The van der Waals surface area contributed by atoms with Crippen LogP contribution in [-0.2, 0) is 16.2 Å². The maximum Gasteiger partial charge on any atom is 0.335 e. The van der Waals surface area contributed by atoms with E-state index in [0.717, 1.165) is 21.6 Å². The monoisotopic (exact) mass is 552 g/mol. The summed E-state index contributed by atoms with van der Waals surface area (Å²) in [6.45, 7) is 8.15. The van der Waals surface area contributed by atoms with E-state index in [9.17, 15) is 14.4 Å². The predicted molar refractivity (Wildman–Crippen MR) is 148 cm³/mol. The SMILES string of the molecule is CCOc1cc(/C=C2\C(=O)NC(=O)N(c3cccc(Cl)c3C)C2=O)cc(Cl)c1OCc1cc(C)cc(C)c1. The van der Waals surface area contributed by atoms with E-state index in [1.807, 2.05) is 32.9 Å². The zero-order chi connectivity index (χ0) is 27.6. The van der Waals surface area contributed by atoms with E-state index in [0.29, 0.717) is 34.3 Å². The van der Waals surface area contributed by atoms with Crippen molar-refractivity contribution >= 4 is 52.8 Å². The van der Waals surface area contributed by atoms with Crippen molar-refractivity contribution in [3.05, 3.63) is 92.0 Å². The van der Waals surface area contributed by atoms with Gasteiger partial charge >= 0.3 is 6.03 Å². The highest BCUT2D eigenvalue weighted by Crippen LogP contribution is 2.38. The predicted octanol–water partition coefficient (Wildman–Crippen LogP) is 6.56. The Morgan fingerprint density at radius 3 is 2.32 bits per heavy atom. The second kappa shape index (κ2) is 11.3. The van der Waals surface area contributed by atoms with Crippen LogP contribution in [0.1, 0.15) is 34.7 Å². The fourth-order valence-corrected chi connectivity index (χ4v) is 4.71. The fourth-order valence-electron chi connectivity index (χ4n) is 4.26. The molecule has 7 nitrogen and oxygen atoms in total. The smallest absolute Gasteiger partial charge is 0.335 e. The number of imide groups is 2. The van der Waals surface area contributed by atoms with E-state index in [1.54, 1.807) is 37.3 Å². The number of carbonyl (C=O) groups is 3. The van der Waals surface area contributed by atoms with E-state index >= 15 is 0 Å². The number of hydrogen-bond donors (Lipinski definition) is 1. The molecule has 9 heteroatoms. The van der Waals surface area contributed by atoms with E-state index < -0.39 is 17.8 Å². The summed E-state index contributed by atoms with van der Waals surface area (Å²) in [6.07, 6.45) is 1.36. The molecule has 1 aliphatic heterocycles. The molecular formula is C29H26Cl2N2O5. The maximum atomic E-state index is 13.3. The van der Waals surface area contributed by atoms with Gasteiger partial charge in [0.2, 0.25) is 0 Å². The number of aryl methyl sites for hydroxylation is 2. The third-order valence-corrected chi connectivity index (χ3v) is 6.58. The van der Waals surface area contributed by atoms with Crippen LogP contribution in [0.3, 0.4) is 0 Å². The minimum absolute atomic E-state index is 0.244. The lowest BCUT2D eigenvalue weighted by atomic mass is 10.1. The lowest BCUT2D eigenvalue weighted by Gasteiger charge is -2.27. The molecule has 38 heavy (non-hydrogen) atoms. The number of rotatable bonds is 7. The Hall–Kier alpha value is -3.81. The second-order valence-corrected chi connectivity index (χ2v) is 9.70. The third-order valence-electron chi connectivity index (χ3n) is 5.89. The molecule has 4 rings (SSSR count). The molecule has 0 bridgehead atoms. The van der Waals surface area contributed by atoms with Gasteiger partial charge in [-0.05, 0) is 74.7 Å². The molecule has 1 N–H and O–H groups in total. The maximum absolute atomic E-state index is 13.3. The van der Waals surface area contributed by atoms with Crippen molar-refractivity contribution in [2.24, 2.45) is 0 Å². The summed E-state index contributed by atoms with van der Waals surface area (Å²) in [4.78, 5) is 39.5. The summed E-state index contributed by atoms with van der Waals surface area (Å²) >= 11 is 12.8. The highest BCUT2D eigenvalue weighted by molar-refractivity contribution is 6.40. The van der Waals surface area contributed by atoms with Crippen LogP contribution < -0.4 is 19.7 Å². The Labute approximate surface area is 230 Å². The minimum atomic E-state index is -0.856. The van der Waals surface area contributed by atoms with Crippen molar-refractivity contribution in [1.82, 2.24) is 5.32 Å². The number of nitrogens with one attached hydrogen (secondary N) is 1. The minimum Gasteiger partial charge on any atom is -0.490 e. The number of amides is 4. The van der Waals surface area contributed by atoms with Crippen LogP contribution in [0.25, 0.3) is 6.08 Å². The molecule has 1 aliphatic rings. The van der Waals surface area contributed by atoms with Crippen molar-refractivity contribution in [1.29, 1.82) is 0 Å². The lowest BCUT2D eigenvalue weighted by Crippen LogP contribution is -2.54. The Morgan fingerprint density at radius 1 is 0.921 bits per heavy atom. The lowest BCUT2D eigenvalue weighted by molar-refractivity contribution is -0.122. The molecule has 0 radical (unpaired) electrons. The van der Waals surface area contributed by atoms with Gasteiger partial charge in [0.05, 0.1) is 17.3 Å². The first-order chi connectivity index (χ1) is 18.1. The number of anilines is 1. The summed E-state index contributed by atoms with van der Waals surface area (Å²) in [5, 5.41) is 2.84. The average Bonchev–Trinajstić information content (AvgIpc) is 2.83. The highest BCUT2D eigenvalue weighted by atomic mass is 35.5. The Morgan fingerprint density at radius 2 is 1.63 bits per heavy atom. The van der Waals surface area contributed by atoms with Gasteiger partial charge in [0.25, 0.3) is 11.8 Å². The molecule has 0 atom stereocenters. The first-order valence-electron chi connectivity index (χ1n) is 11.9. The fraction of sp³-hybridized carbons (Fsp3) is 0.207. The molecule has 0 saturated carbocycles. The standard InChI is InChI=1S/C29H26Cl2N2O5/c1-5-37-25-14-19(13-23(31)26(25)38-15-20-10-16(2)9-17(3)11-20)12-21-27(34)32-29(36)33(28(21)35)24-8-6-7-22(30)18(24)4/h6-14H,5,15H2,1-4H3,(H,32,34,36)/b21-12+. The van der Waals surface area contributed by atoms with Gasteiger partial charge in [0, 0.05) is 5.02 Å². The molecule has 4 amide bonds. The van der Waals surface area contributed by atoms with Crippen LogP contribution in [0.4, 0.5) is 10.5 Å². The molecule has 0 aliphatic carbocycles. The van der Waals surface area contributed by atoms with Crippen LogP contribution in [0.5, 0.6) is 11.5 Å². The summed E-state index contributed by atoms with van der Waals surface area (Å²) in [5.74, 6) is -0.896. The van der Waals surface area contributed by atoms with E-state index in [2.05, 4.69) is 11.4 Å². The Balaban J connectivity index is 1.68. The van der Waals surface area contributed by atoms with Crippen molar-refractivity contribution in [3.63, 3.8) is 0 Å². The average molecular weight is 553 g/mol. The number of hydrogen-bond acceptors (Lipinski definition) is 5. The van der Waals surface area contributed by atoms with Crippen molar-refractivity contribution < 1.29 is 23.9 Å². The summed E-state index contributed by atoms with van der Waals surface area (Å²) in [6, 6.07) is 13.3. The van der Waals surface area contributed by atoms with Gasteiger partial charge < -0.3 is 9.47 Å². The number of halogens is 2. The molecular weight excluding hydrogens is 527 g/mol. The van der Waals surface area contributed by atoms with Gasteiger partial charge in [-0.25, -0.2) is 9.69 Å². The number of barbiturate groups is 1. The van der Waals surface area contributed by atoms with E-state index in [4.69, 9.17) is 32.7 Å². The topological polar surface area (TPSA) is 84.9 Å². The number of urea groups is 1. The molecule has 3 aromatic rings. The van der Waals surface area contributed by atoms with Crippen LogP contribution in [0.2, 0.25) is 10.0 Å². The van der Waals surface area contributed by atoms with Gasteiger partial charge in [-0.1, -0.05) is 58.6 Å². The van der Waals surface area contributed by atoms with Crippen LogP contribution in [0, 0.1) is 20.8 Å². The van der Waals surface area contributed by atoms with Crippen LogP contribution >= 0.6 is 23.2 Å². The Bertz CT molecular complexity index is 1460. The van der Waals surface area contributed by atoms with Crippen molar-refractivity contribution in [3.8, 4) is 11.5 Å². The number of carbonyl (C=O) groups excluding carboxylic acids is 3. The zero-order valence-electron chi connectivity index (χ0n) is 21.4. The van der Waals surface area contributed by atoms with Gasteiger partial charge in [-0.15, -0.1) is 0 Å². The highest BCUT2D eigenvalue weighted by Gasteiger charge is 2.37. The van der Waals surface area contributed by atoms with Gasteiger partial charge in [-0.2, -0.15) is 0 Å². The zero-order valence-corrected chi connectivity index (χ0v) is 22.9. The third kappa shape index (κ3) is 5.69. The van der Waals surface area contributed by atoms with Crippen molar-refractivity contribution in [2.45, 2.75) is 34.3 Å². The molecule has 1 heterocycles. The second-order valence-electron chi connectivity index (χ2n) is 8.89. The van der Waals surface area contributed by atoms with E-state index in [1.165, 1.54) is 6.08 Å². The molecule has 196 valence electrons. The number of nitrogens with zero attached hydrogens (tertiary/aromatic N) is 1. The van der Waals surface area contributed by atoms with Crippen LogP contribution in [-0.4, -0.2) is 24.5 Å². The molecule has 0 spiro atoms. The normalized spacial score (nSPS) is 14.6. The van der Waals surface area contributed by atoms with Gasteiger partial charge in [0.1, 0.15) is 12.2 Å². The molecule has 3 aromatic carbocycles. The number of ether oxygens (including phenoxy) is 2.